The van der Waals surface area contributed by atoms with Crippen LogP contribution < -0.4 is 0 Å². The average molecular weight is 479 g/mol. The van der Waals surface area contributed by atoms with Gasteiger partial charge in [-0.15, -0.1) is 0 Å². The lowest BCUT2D eigenvalue weighted by atomic mass is 10.1. The van der Waals surface area contributed by atoms with Gasteiger partial charge in [-0.25, -0.2) is 13.9 Å². The highest BCUT2D eigenvalue weighted by Crippen LogP contribution is 2.40. The maximum Gasteiger partial charge on any atom is 0.306 e. The molecule has 3 fully saturated rings. The van der Waals surface area contributed by atoms with Crippen molar-refractivity contribution in [2.24, 2.45) is 5.92 Å². The van der Waals surface area contributed by atoms with Crippen LogP contribution in [0, 0.1) is 11.7 Å². The van der Waals surface area contributed by atoms with Gasteiger partial charge in [0.25, 0.3) is 5.91 Å². The van der Waals surface area contributed by atoms with Crippen molar-refractivity contribution < 1.29 is 19.1 Å². The smallest absolute Gasteiger partial charge is 0.306 e. The Morgan fingerprint density at radius 3 is 2.46 bits per heavy atom. The third-order valence-electron chi connectivity index (χ3n) is 7.06. The van der Waals surface area contributed by atoms with Gasteiger partial charge in [-0.2, -0.15) is 5.10 Å². The van der Waals surface area contributed by atoms with Crippen molar-refractivity contribution in [2.45, 2.75) is 70.3 Å². The third-order valence-corrected chi connectivity index (χ3v) is 7.06. The number of rotatable bonds is 4. The van der Waals surface area contributed by atoms with E-state index in [1.807, 2.05) is 11.0 Å². The molecule has 184 valence electrons. The van der Waals surface area contributed by atoms with E-state index in [0.717, 1.165) is 50.8 Å². The van der Waals surface area contributed by atoms with Crippen molar-refractivity contribution in [2.75, 3.05) is 6.54 Å². The molecule has 1 aromatic carbocycles. The zero-order valence-corrected chi connectivity index (χ0v) is 20.0. The van der Waals surface area contributed by atoms with Crippen molar-refractivity contribution in [3.8, 4) is 11.3 Å². The molecule has 6 rings (SSSR count). The van der Waals surface area contributed by atoms with E-state index < -0.39 is 5.97 Å². The van der Waals surface area contributed by atoms with E-state index in [0.29, 0.717) is 28.5 Å². The molecule has 8 heteroatoms. The highest BCUT2D eigenvalue weighted by Gasteiger charge is 2.31. The first-order valence-corrected chi connectivity index (χ1v) is 12.6. The van der Waals surface area contributed by atoms with Gasteiger partial charge >= 0.3 is 5.97 Å². The predicted octanol–water partition coefficient (Wildman–Crippen LogP) is 5.30. The number of hydrogen-bond acceptors (Lipinski definition) is 4. The fourth-order valence-electron chi connectivity index (χ4n) is 4.63. The Labute approximate surface area is 204 Å². The number of carboxylic acid groups (broad SMARTS) is 1. The fraction of sp³-hybridized carbons (Fsp3) is 0.481. The molecular formula is C27H31FN4O3. The summed E-state index contributed by atoms with van der Waals surface area (Å²) in [6.45, 7) is 2.91. The van der Waals surface area contributed by atoms with Crippen molar-refractivity contribution in [1.29, 1.82) is 0 Å². The van der Waals surface area contributed by atoms with Gasteiger partial charge in [0.1, 0.15) is 11.5 Å². The van der Waals surface area contributed by atoms with Crippen LogP contribution in [-0.2, 0) is 4.79 Å². The number of carbonyl (C=O) groups is 2. The largest absolute Gasteiger partial charge is 0.481 e. The lowest BCUT2D eigenvalue weighted by molar-refractivity contribution is -0.138. The molecule has 0 unspecified atom stereocenters. The molecule has 7 nitrogen and oxygen atoms in total. The van der Waals surface area contributed by atoms with E-state index in [1.165, 1.54) is 18.9 Å². The Morgan fingerprint density at radius 1 is 1.03 bits per heavy atom. The Bertz CT molecular complexity index is 1250. The van der Waals surface area contributed by atoms with Gasteiger partial charge in [0.15, 0.2) is 5.65 Å². The van der Waals surface area contributed by atoms with Crippen LogP contribution >= 0.6 is 0 Å². The number of nitrogens with zero attached hydrogens (tertiary/aromatic N) is 4. The molecule has 2 aliphatic carbocycles. The normalized spacial score (nSPS) is 20.2. The van der Waals surface area contributed by atoms with Gasteiger partial charge < -0.3 is 10.0 Å². The first kappa shape index (κ1) is 23.5. The minimum atomic E-state index is -0.630. The molecule has 35 heavy (non-hydrogen) atoms. The summed E-state index contributed by atoms with van der Waals surface area (Å²) >= 11 is 0. The molecule has 3 aromatic rings. The summed E-state index contributed by atoms with van der Waals surface area (Å²) < 4.78 is 16.1. The van der Waals surface area contributed by atoms with E-state index in [4.69, 9.17) is 5.11 Å². The zero-order chi connectivity index (χ0) is 24.5. The Morgan fingerprint density at radius 2 is 1.80 bits per heavy atom. The molecule has 0 spiro atoms. The number of likely N-dealkylation sites (tertiary alicyclic amines) is 1. The first-order valence-electron chi connectivity index (χ1n) is 12.6. The number of hydrogen-bond donors (Lipinski definition) is 1. The summed E-state index contributed by atoms with van der Waals surface area (Å²) in [6.07, 6.45) is 8.38. The van der Waals surface area contributed by atoms with E-state index in [2.05, 4.69) is 17.0 Å². The van der Waals surface area contributed by atoms with Gasteiger partial charge in [0.2, 0.25) is 0 Å². The second kappa shape index (κ2) is 9.76. The van der Waals surface area contributed by atoms with E-state index >= 15 is 0 Å². The second-order valence-electron chi connectivity index (χ2n) is 9.93. The van der Waals surface area contributed by atoms with Gasteiger partial charge in [-0.05, 0) is 63.6 Å². The van der Waals surface area contributed by atoms with E-state index in [-0.39, 0.29) is 23.7 Å². The number of carbonyl (C=O) groups excluding carboxylic acids is 1. The molecule has 0 radical (unpaired) electrons. The second-order valence-corrected chi connectivity index (χ2v) is 9.93. The van der Waals surface area contributed by atoms with Crippen molar-refractivity contribution in [1.82, 2.24) is 19.5 Å². The van der Waals surface area contributed by atoms with Crippen molar-refractivity contribution >= 4 is 17.5 Å². The Hall–Kier alpha value is -3.29. The van der Waals surface area contributed by atoms with Gasteiger partial charge in [-0.1, -0.05) is 25.0 Å². The summed E-state index contributed by atoms with van der Waals surface area (Å²) in [7, 11) is 0. The van der Waals surface area contributed by atoms with Crippen molar-refractivity contribution in [3.05, 3.63) is 53.6 Å². The van der Waals surface area contributed by atoms with Crippen LogP contribution in [-0.4, -0.2) is 49.1 Å². The highest BCUT2D eigenvalue weighted by molar-refractivity contribution is 5.93. The first-order chi connectivity index (χ1) is 16.9. The minimum absolute atomic E-state index is 0.00237. The summed E-state index contributed by atoms with van der Waals surface area (Å²) in [5.74, 6) is -0.530. The maximum absolute atomic E-state index is 14.3. The molecule has 1 amide bonds. The fourth-order valence-corrected chi connectivity index (χ4v) is 4.63. The van der Waals surface area contributed by atoms with Crippen LogP contribution in [0.5, 0.6) is 0 Å². The van der Waals surface area contributed by atoms with Crippen LogP contribution in [0.2, 0.25) is 0 Å². The predicted molar refractivity (Wildman–Crippen MR) is 130 cm³/mol. The van der Waals surface area contributed by atoms with Gasteiger partial charge in [0.05, 0.1) is 11.6 Å². The lowest BCUT2D eigenvalue weighted by Crippen LogP contribution is -2.38. The topological polar surface area (TPSA) is 87.8 Å². The number of carboxylic acids is 1. The molecule has 0 bridgehead atoms. The molecule has 3 heterocycles. The number of aromatic nitrogens is 3. The average Bonchev–Trinajstić information content (AvgIpc) is 3.75. The lowest BCUT2D eigenvalue weighted by Gasteiger charge is -2.27. The van der Waals surface area contributed by atoms with Crippen LogP contribution in [0.3, 0.4) is 0 Å². The zero-order valence-electron chi connectivity index (χ0n) is 20.0. The van der Waals surface area contributed by atoms with Crippen LogP contribution in [0.15, 0.2) is 36.4 Å². The summed E-state index contributed by atoms with van der Waals surface area (Å²) in [4.78, 5) is 29.7. The Balaban J connectivity index is 0.000000371. The molecule has 2 aromatic heterocycles. The number of fused-ring (bicyclic) bond motifs is 1. The molecule has 2 saturated carbocycles. The summed E-state index contributed by atoms with van der Waals surface area (Å²) in [5.41, 5.74) is 3.09. The molecule has 1 atom stereocenters. The monoisotopic (exact) mass is 478 g/mol. The highest BCUT2D eigenvalue weighted by atomic mass is 19.1. The minimum Gasteiger partial charge on any atom is -0.481 e. The molecule has 1 saturated heterocycles. The third kappa shape index (κ3) is 5.21. The molecule has 3 aliphatic rings. The van der Waals surface area contributed by atoms with E-state index in [1.54, 1.807) is 28.8 Å². The number of aliphatic carboxylic acids is 1. The van der Waals surface area contributed by atoms with Crippen LogP contribution in [0.1, 0.15) is 80.4 Å². The van der Waals surface area contributed by atoms with E-state index in [9.17, 15) is 14.0 Å². The molecule has 1 N–H and O–H groups in total. The van der Waals surface area contributed by atoms with Crippen LogP contribution in [0.25, 0.3) is 16.9 Å². The number of amides is 1. The standard InChI is InChI=1S/C23H25FN4O.C4H6O2/c1-15-7-3-2-6-12-27(15)23(29)20-13-21(16-10-11-16)28-22(25-20)14-19(26-28)17-8-4-5-9-18(17)24;5-4(6)3-1-2-3/h4-5,8-9,13-16H,2-3,6-7,10-12H2,1H3;3H,1-2H2,(H,5,6)/t15-;/m1./s1. The summed E-state index contributed by atoms with van der Waals surface area (Å²) in [6, 6.07) is 10.5. The molecule has 1 aliphatic heterocycles. The van der Waals surface area contributed by atoms with Crippen molar-refractivity contribution in [3.63, 3.8) is 0 Å². The number of halogens is 1. The quantitative estimate of drug-likeness (QED) is 0.550. The molecular weight excluding hydrogens is 447 g/mol. The van der Waals surface area contributed by atoms with Gasteiger partial charge in [0, 0.05) is 35.8 Å². The van der Waals surface area contributed by atoms with Crippen LogP contribution in [0.4, 0.5) is 4.39 Å². The number of benzene rings is 1. The summed E-state index contributed by atoms with van der Waals surface area (Å²) in [5, 5.41) is 12.7. The maximum atomic E-state index is 14.3. The Kier molecular flexibility index (Phi) is 6.54. The SMILES string of the molecule is C[C@@H]1CCCCCN1C(=O)c1cc(C2CC2)n2nc(-c3ccccc3F)cc2n1.O=C(O)C1CC1. The van der Waals surface area contributed by atoms with Gasteiger partial charge in [-0.3, -0.25) is 9.59 Å².